The van der Waals surface area contributed by atoms with Crippen molar-refractivity contribution in [1.82, 2.24) is 5.43 Å². The molecule has 0 saturated heterocycles. The van der Waals surface area contributed by atoms with Crippen molar-refractivity contribution in [3.63, 3.8) is 0 Å². The molecule has 0 spiro atoms. The van der Waals surface area contributed by atoms with Crippen LogP contribution in [-0.4, -0.2) is 18.7 Å². The van der Waals surface area contributed by atoms with E-state index in [4.69, 9.17) is 9.47 Å². The quantitative estimate of drug-likeness (QED) is 0.357. The molecule has 0 bridgehead atoms. The SMILES string of the molecule is CCOc1cc(/C=N\NC(=O)c2cccc(Br)c2)ccc1OCc1ccc(F)cc1. The molecular formula is C23H20BrFN2O3. The van der Waals surface area contributed by atoms with Crippen molar-refractivity contribution in [1.29, 1.82) is 0 Å². The number of halogens is 2. The highest BCUT2D eigenvalue weighted by Crippen LogP contribution is 2.29. The zero-order valence-corrected chi connectivity index (χ0v) is 17.9. The average Bonchev–Trinajstić information content (AvgIpc) is 2.74. The molecule has 3 aromatic rings. The topological polar surface area (TPSA) is 59.9 Å². The lowest BCUT2D eigenvalue weighted by atomic mass is 10.2. The fourth-order valence-electron chi connectivity index (χ4n) is 2.59. The first-order chi connectivity index (χ1) is 14.5. The smallest absolute Gasteiger partial charge is 0.271 e. The molecule has 0 fully saturated rings. The molecule has 0 heterocycles. The van der Waals surface area contributed by atoms with Gasteiger partial charge in [0, 0.05) is 10.0 Å². The number of hydrogen-bond donors (Lipinski definition) is 1. The molecule has 0 saturated carbocycles. The Kier molecular flexibility index (Phi) is 7.57. The molecule has 0 aliphatic carbocycles. The van der Waals surface area contributed by atoms with Crippen molar-refractivity contribution in [3.05, 3.63) is 93.7 Å². The predicted molar refractivity (Wildman–Crippen MR) is 118 cm³/mol. The third kappa shape index (κ3) is 6.15. The summed E-state index contributed by atoms with van der Waals surface area (Å²) in [7, 11) is 0. The molecule has 3 aromatic carbocycles. The molecule has 1 amide bonds. The molecule has 30 heavy (non-hydrogen) atoms. The molecule has 5 nitrogen and oxygen atoms in total. The van der Waals surface area contributed by atoms with Crippen molar-refractivity contribution < 1.29 is 18.7 Å². The van der Waals surface area contributed by atoms with Gasteiger partial charge in [0.05, 0.1) is 12.8 Å². The van der Waals surface area contributed by atoms with Gasteiger partial charge in [-0.15, -0.1) is 0 Å². The molecule has 3 rings (SSSR count). The molecule has 0 atom stereocenters. The molecule has 0 aliphatic rings. The highest BCUT2D eigenvalue weighted by molar-refractivity contribution is 9.10. The summed E-state index contributed by atoms with van der Waals surface area (Å²) in [6.45, 7) is 2.63. The second kappa shape index (κ2) is 10.5. The summed E-state index contributed by atoms with van der Waals surface area (Å²) >= 11 is 3.33. The maximum Gasteiger partial charge on any atom is 0.271 e. The summed E-state index contributed by atoms with van der Waals surface area (Å²) in [5.74, 6) is 0.527. The van der Waals surface area contributed by atoms with E-state index < -0.39 is 0 Å². The van der Waals surface area contributed by atoms with Crippen LogP contribution >= 0.6 is 15.9 Å². The Bertz CT molecular complexity index is 1040. The largest absolute Gasteiger partial charge is 0.490 e. The second-order valence-electron chi connectivity index (χ2n) is 6.26. The number of amides is 1. The summed E-state index contributed by atoms with van der Waals surface area (Å²) in [6, 6.07) is 18.5. The lowest BCUT2D eigenvalue weighted by Gasteiger charge is -2.12. The van der Waals surface area contributed by atoms with E-state index in [1.807, 2.05) is 13.0 Å². The van der Waals surface area contributed by atoms with Crippen LogP contribution in [0.3, 0.4) is 0 Å². The van der Waals surface area contributed by atoms with Gasteiger partial charge in [-0.1, -0.05) is 34.1 Å². The van der Waals surface area contributed by atoms with Crippen molar-refractivity contribution in [2.45, 2.75) is 13.5 Å². The Morgan fingerprint density at radius 1 is 1.07 bits per heavy atom. The number of carbonyl (C=O) groups is 1. The van der Waals surface area contributed by atoms with Crippen LogP contribution in [0.15, 0.2) is 76.3 Å². The van der Waals surface area contributed by atoms with Crippen LogP contribution in [0.5, 0.6) is 11.5 Å². The first kappa shape index (κ1) is 21.5. The number of hydrazone groups is 1. The van der Waals surface area contributed by atoms with Crippen molar-refractivity contribution >= 4 is 28.1 Å². The Morgan fingerprint density at radius 3 is 2.60 bits per heavy atom. The van der Waals surface area contributed by atoms with Gasteiger partial charge >= 0.3 is 0 Å². The number of hydrogen-bond acceptors (Lipinski definition) is 4. The maximum atomic E-state index is 13.0. The predicted octanol–water partition coefficient (Wildman–Crippen LogP) is 5.33. The fraction of sp³-hybridized carbons (Fsp3) is 0.130. The lowest BCUT2D eigenvalue weighted by Crippen LogP contribution is -2.17. The minimum absolute atomic E-state index is 0.288. The van der Waals surface area contributed by atoms with E-state index in [9.17, 15) is 9.18 Å². The molecule has 154 valence electrons. The van der Waals surface area contributed by atoms with Gasteiger partial charge in [-0.05, 0) is 66.6 Å². The van der Waals surface area contributed by atoms with E-state index in [-0.39, 0.29) is 18.3 Å². The summed E-state index contributed by atoms with van der Waals surface area (Å²) in [4.78, 5) is 12.1. The van der Waals surface area contributed by atoms with Crippen molar-refractivity contribution in [3.8, 4) is 11.5 Å². The van der Waals surface area contributed by atoms with E-state index >= 15 is 0 Å². The minimum atomic E-state index is -0.308. The van der Waals surface area contributed by atoms with Crippen LogP contribution in [0.25, 0.3) is 0 Å². The average molecular weight is 471 g/mol. The van der Waals surface area contributed by atoms with Crippen LogP contribution in [0.4, 0.5) is 4.39 Å². The summed E-state index contributed by atoms with van der Waals surface area (Å²) in [5, 5.41) is 4.01. The van der Waals surface area contributed by atoms with Crippen LogP contribution in [0, 0.1) is 5.82 Å². The van der Waals surface area contributed by atoms with Gasteiger partial charge < -0.3 is 9.47 Å². The fourth-order valence-corrected chi connectivity index (χ4v) is 2.99. The summed E-state index contributed by atoms with van der Waals surface area (Å²) < 4.78 is 25.3. The van der Waals surface area contributed by atoms with E-state index in [1.54, 1.807) is 48.5 Å². The molecule has 0 aromatic heterocycles. The van der Waals surface area contributed by atoms with E-state index in [0.717, 1.165) is 15.6 Å². The number of nitrogens with one attached hydrogen (secondary N) is 1. The van der Waals surface area contributed by atoms with E-state index in [2.05, 4.69) is 26.5 Å². The van der Waals surface area contributed by atoms with Crippen LogP contribution in [0.2, 0.25) is 0 Å². The van der Waals surface area contributed by atoms with Crippen molar-refractivity contribution in [2.75, 3.05) is 6.61 Å². The monoisotopic (exact) mass is 470 g/mol. The molecule has 1 N–H and O–H groups in total. The second-order valence-corrected chi connectivity index (χ2v) is 7.18. The number of benzene rings is 3. The van der Waals surface area contributed by atoms with Crippen molar-refractivity contribution in [2.24, 2.45) is 5.10 Å². The van der Waals surface area contributed by atoms with Crippen LogP contribution < -0.4 is 14.9 Å². The Balaban J connectivity index is 1.65. The third-order valence-corrected chi connectivity index (χ3v) is 4.53. The molecular weight excluding hydrogens is 451 g/mol. The van der Waals surface area contributed by atoms with Gasteiger partial charge in [0.1, 0.15) is 12.4 Å². The zero-order chi connectivity index (χ0) is 21.3. The zero-order valence-electron chi connectivity index (χ0n) is 16.3. The first-order valence-electron chi connectivity index (χ1n) is 9.28. The lowest BCUT2D eigenvalue weighted by molar-refractivity contribution is 0.0955. The standard InChI is InChI=1S/C23H20BrFN2O3/c1-2-29-22-12-17(14-26-27-23(28)18-4-3-5-19(24)13-18)8-11-21(22)30-15-16-6-9-20(25)10-7-16/h3-14H,2,15H2,1H3,(H,27,28)/b26-14-. The summed E-state index contributed by atoms with van der Waals surface area (Å²) in [6.07, 6.45) is 1.53. The molecule has 7 heteroatoms. The highest BCUT2D eigenvalue weighted by atomic mass is 79.9. The van der Waals surface area contributed by atoms with E-state index in [0.29, 0.717) is 23.7 Å². The van der Waals surface area contributed by atoms with Gasteiger partial charge in [-0.2, -0.15) is 5.10 Å². The summed E-state index contributed by atoms with van der Waals surface area (Å²) in [5.41, 5.74) is 4.58. The normalized spacial score (nSPS) is 10.8. The minimum Gasteiger partial charge on any atom is -0.490 e. The van der Waals surface area contributed by atoms with Gasteiger partial charge in [0.2, 0.25) is 0 Å². The van der Waals surface area contributed by atoms with Crippen LogP contribution in [0.1, 0.15) is 28.4 Å². The molecule has 0 aliphatic heterocycles. The van der Waals surface area contributed by atoms with Gasteiger partial charge in [0.25, 0.3) is 5.91 Å². The molecule has 0 unspecified atom stereocenters. The van der Waals surface area contributed by atoms with Gasteiger partial charge in [0.15, 0.2) is 11.5 Å². The van der Waals surface area contributed by atoms with Gasteiger partial charge in [-0.3, -0.25) is 4.79 Å². The number of rotatable bonds is 8. The Hall–Kier alpha value is -3.19. The maximum absolute atomic E-state index is 13.0. The Labute approximate surface area is 182 Å². The highest BCUT2D eigenvalue weighted by Gasteiger charge is 2.08. The number of carbonyl (C=O) groups excluding carboxylic acids is 1. The van der Waals surface area contributed by atoms with E-state index in [1.165, 1.54) is 18.3 Å². The number of ether oxygens (including phenoxy) is 2. The third-order valence-electron chi connectivity index (χ3n) is 4.04. The van der Waals surface area contributed by atoms with Gasteiger partial charge in [-0.25, -0.2) is 9.82 Å². The molecule has 0 radical (unpaired) electrons. The number of nitrogens with zero attached hydrogens (tertiary/aromatic N) is 1. The Morgan fingerprint density at radius 2 is 1.87 bits per heavy atom. The first-order valence-corrected chi connectivity index (χ1v) is 10.1. The van der Waals surface area contributed by atoms with Crippen LogP contribution in [-0.2, 0) is 6.61 Å².